The Bertz CT molecular complexity index is 191. The van der Waals surface area contributed by atoms with Gasteiger partial charge < -0.3 is 14.2 Å². The molecule has 5 nitrogen and oxygen atoms in total. The van der Waals surface area contributed by atoms with Gasteiger partial charge in [-0.15, -0.1) is 0 Å². The Kier molecular flexibility index (Phi) is 3.25. The molecule has 1 aliphatic rings. The molecule has 0 aromatic rings. The molecule has 0 aromatic carbocycles. The number of methoxy groups -OCH3 is 2. The van der Waals surface area contributed by atoms with E-state index in [1.165, 1.54) is 14.2 Å². The zero-order valence-electron chi connectivity index (χ0n) is 7.61. The van der Waals surface area contributed by atoms with Gasteiger partial charge in [0, 0.05) is 0 Å². The minimum absolute atomic E-state index is 0.439. The van der Waals surface area contributed by atoms with Gasteiger partial charge in [0.25, 0.3) is 0 Å². The van der Waals surface area contributed by atoms with Crippen LogP contribution in [0.1, 0.15) is 12.8 Å². The number of hydrogen-bond acceptors (Lipinski definition) is 5. The Morgan fingerprint density at radius 2 is 1.46 bits per heavy atom. The van der Waals surface area contributed by atoms with Gasteiger partial charge in [0.1, 0.15) is 0 Å². The van der Waals surface area contributed by atoms with Crippen LogP contribution in [0.2, 0.25) is 0 Å². The van der Waals surface area contributed by atoms with Crippen LogP contribution in [0.3, 0.4) is 0 Å². The summed E-state index contributed by atoms with van der Waals surface area (Å²) in [5, 5.41) is 0. The molecule has 0 aromatic heterocycles. The lowest BCUT2D eigenvalue weighted by atomic mass is 10.2. The number of rotatable bonds is 2. The van der Waals surface area contributed by atoms with E-state index in [9.17, 15) is 9.59 Å². The molecule has 1 rings (SSSR count). The van der Waals surface area contributed by atoms with Crippen molar-refractivity contribution in [3.05, 3.63) is 0 Å². The third-order valence-electron chi connectivity index (χ3n) is 1.95. The van der Waals surface area contributed by atoms with Crippen molar-refractivity contribution in [3.8, 4) is 0 Å². The molecule has 1 saturated heterocycles. The first-order valence-electron chi connectivity index (χ1n) is 4.00. The number of carbonyl (C=O) groups excluding carboxylic acids is 2. The normalized spacial score (nSPS) is 26.9. The number of hydrogen-bond donors (Lipinski definition) is 0. The van der Waals surface area contributed by atoms with Crippen LogP contribution in [0.4, 0.5) is 0 Å². The first kappa shape index (κ1) is 9.98. The molecule has 1 fully saturated rings. The van der Waals surface area contributed by atoms with Crippen molar-refractivity contribution in [3.63, 3.8) is 0 Å². The van der Waals surface area contributed by atoms with Gasteiger partial charge in [-0.2, -0.15) is 0 Å². The van der Waals surface area contributed by atoms with Crippen LogP contribution in [0, 0.1) is 0 Å². The number of ether oxygens (including phenoxy) is 3. The van der Waals surface area contributed by atoms with Crippen LogP contribution >= 0.6 is 0 Å². The summed E-state index contributed by atoms with van der Waals surface area (Å²) in [5.41, 5.74) is 0. The Morgan fingerprint density at radius 3 is 1.77 bits per heavy atom. The third kappa shape index (κ3) is 2.18. The van der Waals surface area contributed by atoms with E-state index >= 15 is 0 Å². The van der Waals surface area contributed by atoms with Gasteiger partial charge in [-0.25, -0.2) is 9.59 Å². The highest BCUT2D eigenvalue weighted by atomic mass is 16.6. The maximum Gasteiger partial charge on any atom is 0.335 e. The maximum atomic E-state index is 11.0. The molecule has 2 atom stereocenters. The number of esters is 2. The van der Waals surface area contributed by atoms with Crippen LogP contribution in [0.25, 0.3) is 0 Å². The summed E-state index contributed by atoms with van der Waals surface area (Å²) >= 11 is 0. The number of carbonyl (C=O) groups is 2. The van der Waals surface area contributed by atoms with E-state index in [-0.39, 0.29) is 0 Å². The van der Waals surface area contributed by atoms with Crippen molar-refractivity contribution in [2.45, 2.75) is 25.0 Å². The molecule has 0 saturated carbocycles. The van der Waals surface area contributed by atoms with Crippen molar-refractivity contribution >= 4 is 11.9 Å². The fourth-order valence-corrected chi connectivity index (χ4v) is 1.25. The highest BCUT2D eigenvalue weighted by Crippen LogP contribution is 2.21. The van der Waals surface area contributed by atoms with Gasteiger partial charge in [-0.05, 0) is 12.8 Å². The standard InChI is InChI=1S/C8H12O5/c1-11-7(9)5-3-4-6(13-5)8(10)12-2/h5-6H,3-4H2,1-2H3/t5-,6-/m1/s1. The zero-order chi connectivity index (χ0) is 9.84. The third-order valence-corrected chi connectivity index (χ3v) is 1.95. The van der Waals surface area contributed by atoms with Gasteiger partial charge in [0.05, 0.1) is 14.2 Å². The van der Waals surface area contributed by atoms with E-state index in [0.29, 0.717) is 12.8 Å². The van der Waals surface area contributed by atoms with E-state index in [1.54, 1.807) is 0 Å². The van der Waals surface area contributed by atoms with Crippen LogP contribution in [0.5, 0.6) is 0 Å². The highest BCUT2D eigenvalue weighted by molar-refractivity contribution is 5.78. The van der Waals surface area contributed by atoms with Crippen molar-refractivity contribution in [1.29, 1.82) is 0 Å². The first-order valence-corrected chi connectivity index (χ1v) is 4.00. The van der Waals surface area contributed by atoms with Crippen LogP contribution < -0.4 is 0 Å². The molecule has 0 N–H and O–H groups in total. The monoisotopic (exact) mass is 188 g/mol. The predicted octanol–water partition coefficient (Wildman–Crippen LogP) is -0.120. The molecule has 0 bridgehead atoms. The Balaban J connectivity index is 2.44. The van der Waals surface area contributed by atoms with Gasteiger partial charge in [0.2, 0.25) is 0 Å². The second-order valence-corrected chi connectivity index (χ2v) is 2.74. The lowest BCUT2D eigenvalue weighted by Gasteiger charge is -2.09. The average Bonchev–Trinajstić information content (AvgIpc) is 2.64. The van der Waals surface area contributed by atoms with Gasteiger partial charge in [-0.3, -0.25) is 0 Å². The molecule has 0 radical (unpaired) electrons. The van der Waals surface area contributed by atoms with Gasteiger partial charge in [0.15, 0.2) is 12.2 Å². The summed E-state index contributed by atoms with van der Waals surface area (Å²) in [5.74, 6) is -0.877. The summed E-state index contributed by atoms with van der Waals surface area (Å²) in [6.07, 6.45) is -0.220. The molecule has 5 heteroatoms. The quantitative estimate of drug-likeness (QED) is 0.565. The summed E-state index contributed by atoms with van der Waals surface area (Å²) in [7, 11) is 2.58. The van der Waals surface area contributed by atoms with Crippen LogP contribution in [-0.2, 0) is 23.8 Å². The molecule has 13 heavy (non-hydrogen) atoms. The lowest BCUT2D eigenvalue weighted by molar-refractivity contribution is -0.161. The SMILES string of the molecule is COC(=O)[C@H]1CC[C@H](C(=O)OC)O1. The lowest BCUT2D eigenvalue weighted by Crippen LogP contribution is -2.26. The molecule has 74 valence electrons. The summed E-state index contributed by atoms with van der Waals surface area (Å²) < 4.78 is 14.1. The summed E-state index contributed by atoms with van der Waals surface area (Å²) in [6, 6.07) is 0. The Morgan fingerprint density at radius 1 is 1.08 bits per heavy atom. The summed E-state index contributed by atoms with van der Waals surface area (Å²) in [4.78, 5) is 21.9. The van der Waals surface area contributed by atoms with Crippen molar-refractivity contribution in [2.24, 2.45) is 0 Å². The molecular weight excluding hydrogens is 176 g/mol. The second kappa shape index (κ2) is 4.23. The maximum absolute atomic E-state index is 11.0. The Labute approximate surface area is 76.0 Å². The second-order valence-electron chi connectivity index (χ2n) is 2.74. The van der Waals surface area contributed by atoms with Gasteiger partial charge in [-0.1, -0.05) is 0 Å². The molecular formula is C8H12O5. The van der Waals surface area contributed by atoms with E-state index in [4.69, 9.17) is 4.74 Å². The molecule has 0 spiro atoms. The smallest absolute Gasteiger partial charge is 0.335 e. The van der Waals surface area contributed by atoms with Crippen molar-refractivity contribution < 1.29 is 23.8 Å². The van der Waals surface area contributed by atoms with Crippen LogP contribution in [0.15, 0.2) is 0 Å². The Hall–Kier alpha value is -1.10. The molecule has 0 unspecified atom stereocenters. The van der Waals surface area contributed by atoms with Crippen LogP contribution in [-0.4, -0.2) is 38.4 Å². The fraction of sp³-hybridized carbons (Fsp3) is 0.750. The van der Waals surface area contributed by atoms with E-state index in [0.717, 1.165) is 0 Å². The van der Waals surface area contributed by atoms with Gasteiger partial charge >= 0.3 is 11.9 Å². The minimum atomic E-state index is -0.617. The molecule has 0 aliphatic carbocycles. The zero-order valence-corrected chi connectivity index (χ0v) is 7.61. The van der Waals surface area contributed by atoms with Crippen molar-refractivity contribution in [1.82, 2.24) is 0 Å². The largest absolute Gasteiger partial charge is 0.467 e. The molecule has 1 aliphatic heterocycles. The predicted molar refractivity (Wildman–Crippen MR) is 41.9 cm³/mol. The molecule has 1 heterocycles. The topological polar surface area (TPSA) is 61.8 Å². The average molecular weight is 188 g/mol. The van der Waals surface area contributed by atoms with E-state index in [2.05, 4.69) is 9.47 Å². The van der Waals surface area contributed by atoms with Crippen molar-refractivity contribution in [2.75, 3.05) is 14.2 Å². The highest BCUT2D eigenvalue weighted by Gasteiger charge is 2.35. The first-order chi connectivity index (χ1) is 6.19. The minimum Gasteiger partial charge on any atom is -0.467 e. The van der Waals surface area contributed by atoms with E-state index in [1.807, 2.05) is 0 Å². The fourth-order valence-electron chi connectivity index (χ4n) is 1.25. The molecule has 0 amide bonds. The van der Waals surface area contributed by atoms with E-state index < -0.39 is 24.1 Å². The summed E-state index contributed by atoms with van der Waals surface area (Å²) in [6.45, 7) is 0.